The minimum atomic E-state index is -0.236. The van der Waals surface area contributed by atoms with E-state index in [4.69, 9.17) is 4.74 Å². The van der Waals surface area contributed by atoms with Gasteiger partial charge in [0.2, 0.25) is 5.91 Å². The number of hydrogen-bond donors (Lipinski definition) is 1. The van der Waals surface area contributed by atoms with Crippen LogP contribution in [0.2, 0.25) is 0 Å². The van der Waals surface area contributed by atoms with Gasteiger partial charge in [0.05, 0.1) is 0 Å². The first-order chi connectivity index (χ1) is 12.1. The van der Waals surface area contributed by atoms with Gasteiger partial charge in [-0.3, -0.25) is 9.59 Å². The quantitative estimate of drug-likeness (QED) is 0.891. The lowest BCUT2D eigenvalue weighted by Crippen LogP contribution is -2.49. The number of piperidine rings is 1. The Morgan fingerprint density at radius 1 is 1.20 bits per heavy atom. The summed E-state index contributed by atoms with van der Waals surface area (Å²) in [5, 5.41) is 3.13. The van der Waals surface area contributed by atoms with Gasteiger partial charge in [0.15, 0.2) is 0 Å². The monoisotopic (exact) mass is 344 g/mol. The molecule has 1 atom stereocenters. The molecule has 25 heavy (non-hydrogen) atoms. The smallest absolute Gasteiger partial charge is 0.251 e. The van der Waals surface area contributed by atoms with E-state index < -0.39 is 0 Å². The Balaban J connectivity index is 1.39. The molecule has 1 N–H and O–H groups in total. The third-order valence-corrected chi connectivity index (χ3v) is 5.26. The van der Waals surface area contributed by atoms with Crippen molar-refractivity contribution in [1.29, 1.82) is 0 Å². The molecule has 0 radical (unpaired) electrons. The van der Waals surface area contributed by atoms with Crippen molar-refractivity contribution in [3.05, 3.63) is 35.4 Å². The maximum atomic E-state index is 12.3. The number of nitrogens with zero attached hydrogens (tertiary/aromatic N) is 1. The summed E-state index contributed by atoms with van der Waals surface area (Å²) in [5.74, 6) is 0.231. The molecule has 1 unspecified atom stereocenters. The van der Waals surface area contributed by atoms with Crippen molar-refractivity contribution < 1.29 is 14.3 Å². The van der Waals surface area contributed by atoms with Crippen LogP contribution in [0.1, 0.15) is 43.2 Å². The van der Waals surface area contributed by atoms with Crippen LogP contribution in [0.15, 0.2) is 24.3 Å². The molecule has 2 aliphatic heterocycles. The summed E-state index contributed by atoms with van der Waals surface area (Å²) >= 11 is 0. The fourth-order valence-electron chi connectivity index (χ4n) is 3.66. The van der Waals surface area contributed by atoms with Crippen LogP contribution < -0.4 is 5.32 Å². The van der Waals surface area contributed by atoms with Crippen LogP contribution in [0, 0.1) is 6.92 Å². The van der Waals surface area contributed by atoms with Crippen LogP contribution in [-0.2, 0) is 20.7 Å². The van der Waals surface area contributed by atoms with Crippen LogP contribution in [0.3, 0.4) is 0 Å². The van der Waals surface area contributed by atoms with Gasteiger partial charge in [0.1, 0.15) is 6.10 Å². The largest absolute Gasteiger partial charge is 0.368 e. The van der Waals surface area contributed by atoms with Gasteiger partial charge in [-0.05, 0) is 50.2 Å². The van der Waals surface area contributed by atoms with Gasteiger partial charge in [0, 0.05) is 32.2 Å². The van der Waals surface area contributed by atoms with Crippen molar-refractivity contribution in [2.75, 3.05) is 19.7 Å². The first-order valence-electron chi connectivity index (χ1n) is 9.38. The molecule has 2 amide bonds. The van der Waals surface area contributed by atoms with E-state index in [0.717, 1.165) is 32.1 Å². The minimum absolute atomic E-state index is 0.104. The molecule has 2 fully saturated rings. The number of ether oxygens (including phenoxy) is 1. The highest BCUT2D eigenvalue weighted by molar-refractivity contribution is 5.81. The topological polar surface area (TPSA) is 58.6 Å². The molecule has 2 saturated heterocycles. The van der Waals surface area contributed by atoms with E-state index in [1.165, 1.54) is 11.1 Å². The third kappa shape index (κ3) is 4.82. The second-order valence-corrected chi connectivity index (χ2v) is 7.10. The fourth-order valence-corrected chi connectivity index (χ4v) is 3.66. The van der Waals surface area contributed by atoms with Crippen LogP contribution >= 0.6 is 0 Å². The number of aryl methyl sites for hydroxylation is 2. The lowest BCUT2D eigenvalue weighted by atomic mass is 10.0. The SMILES string of the molecule is Cc1ccccc1CCC(=O)NC1CCN(C(=O)C2CCCO2)CC1. The highest BCUT2D eigenvalue weighted by atomic mass is 16.5. The summed E-state index contributed by atoms with van der Waals surface area (Å²) in [6.07, 6.45) is 4.52. The maximum absolute atomic E-state index is 12.3. The summed E-state index contributed by atoms with van der Waals surface area (Å²) < 4.78 is 5.48. The zero-order chi connectivity index (χ0) is 17.6. The summed E-state index contributed by atoms with van der Waals surface area (Å²) in [7, 11) is 0. The number of carbonyl (C=O) groups is 2. The summed E-state index contributed by atoms with van der Waals surface area (Å²) in [4.78, 5) is 26.4. The number of benzene rings is 1. The second kappa shape index (κ2) is 8.48. The molecular weight excluding hydrogens is 316 g/mol. The average molecular weight is 344 g/mol. The van der Waals surface area contributed by atoms with E-state index in [2.05, 4.69) is 24.4 Å². The van der Waals surface area contributed by atoms with Gasteiger partial charge >= 0.3 is 0 Å². The summed E-state index contributed by atoms with van der Waals surface area (Å²) in [6, 6.07) is 8.37. The fraction of sp³-hybridized carbons (Fsp3) is 0.600. The molecule has 0 saturated carbocycles. The molecule has 1 aromatic rings. The standard InChI is InChI=1S/C20H28N2O3/c1-15-5-2-3-6-16(15)8-9-19(23)21-17-10-12-22(13-11-17)20(24)18-7-4-14-25-18/h2-3,5-6,17-18H,4,7-14H2,1H3,(H,21,23). The van der Waals surface area contributed by atoms with Crippen molar-refractivity contribution >= 4 is 11.8 Å². The van der Waals surface area contributed by atoms with Crippen LogP contribution in [-0.4, -0.2) is 48.6 Å². The van der Waals surface area contributed by atoms with Crippen molar-refractivity contribution in [3.8, 4) is 0 Å². The minimum Gasteiger partial charge on any atom is -0.368 e. The normalized spacial score (nSPS) is 21.3. The van der Waals surface area contributed by atoms with E-state index >= 15 is 0 Å². The Kier molecular flexibility index (Phi) is 6.08. The van der Waals surface area contributed by atoms with E-state index in [0.29, 0.717) is 26.1 Å². The molecule has 5 nitrogen and oxygen atoms in total. The lowest BCUT2D eigenvalue weighted by molar-refractivity contribution is -0.142. The molecule has 0 aromatic heterocycles. The molecule has 136 valence electrons. The number of likely N-dealkylation sites (tertiary alicyclic amines) is 1. The van der Waals surface area contributed by atoms with Crippen LogP contribution in [0.25, 0.3) is 0 Å². The first kappa shape index (κ1) is 17.9. The zero-order valence-corrected chi connectivity index (χ0v) is 15.0. The van der Waals surface area contributed by atoms with E-state index in [-0.39, 0.29) is 24.0 Å². The van der Waals surface area contributed by atoms with Gasteiger partial charge in [-0.2, -0.15) is 0 Å². The zero-order valence-electron chi connectivity index (χ0n) is 15.0. The number of carbonyl (C=O) groups excluding carboxylic acids is 2. The van der Waals surface area contributed by atoms with E-state index in [1.54, 1.807) is 0 Å². The van der Waals surface area contributed by atoms with Gasteiger partial charge in [0.25, 0.3) is 5.91 Å². The van der Waals surface area contributed by atoms with Gasteiger partial charge in [-0.25, -0.2) is 0 Å². The Hall–Kier alpha value is -1.88. The number of rotatable bonds is 5. The Morgan fingerprint density at radius 2 is 1.96 bits per heavy atom. The molecule has 2 aliphatic rings. The van der Waals surface area contributed by atoms with Gasteiger partial charge in [-0.1, -0.05) is 24.3 Å². The average Bonchev–Trinajstić information content (AvgIpc) is 3.16. The van der Waals surface area contributed by atoms with Crippen LogP contribution in [0.4, 0.5) is 0 Å². The predicted octanol–water partition coefficient (Wildman–Crippen LogP) is 2.21. The van der Waals surface area contributed by atoms with Crippen LogP contribution in [0.5, 0.6) is 0 Å². The highest BCUT2D eigenvalue weighted by Gasteiger charge is 2.31. The summed E-state index contributed by atoms with van der Waals surface area (Å²) in [6.45, 7) is 4.20. The molecule has 2 heterocycles. The van der Waals surface area contributed by atoms with Crippen molar-refractivity contribution in [3.63, 3.8) is 0 Å². The third-order valence-electron chi connectivity index (χ3n) is 5.26. The Labute approximate surface area is 149 Å². The van der Waals surface area contributed by atoms with Crippen molar-refractivity contribution in [2.24, 2.45) is 0 Å². The summed E-state index contributed by atoms with van der Waals surface area (Å²) in [5.41, 5.74) is 2.46. The predicted molar refractivity (Wildman–Crippen MR) is 96.2 cm³/mol. The molecule has 0 bridgehead atoms. The Bertz CT molecular complexity index is 603. The van der Waals surface area contributed by atoms with E-state index in [1.807, 2.05) is 17.0 Å². The molecule has 0 spiro atoms. The van der Waals surface area contributed by atoms with E-state index in [9.17, 15) is 9.59 Å². The van der Waals surface area contributed by atoms with Gasteiger partial charge < -0.3 is 15.0 Å². The highest BCUT2D eigenvalue weighted by Crippen LogP contribution is 2.18. The molecular formula is C20H28N2O3. The number of nitrogens with one attached hydrogen (secondary N) is 1. The second-order valence-electron chi connectivity index (χ2n) is 7.10. The molecule has 5 heteroatoms. The molecule has 3 rings (SSSR count). The Morgan fingerprint density at radius 3 is 2.64 bits per heavy atom. The molecule has 0 aliphatic carbocycles. The maximum Gasteiger partial charge on any atom is 0.251 e. The first-order valence-corrected chi connectivity index (χ1v) is 9.38. The van der Waals surface area contributed by atoms with Crippen molar-refractivity contribution in [1.82, 2.24) is 10.2 Å². The van der Waals surface area contributed by atoms with Crippen molar-refractivity contribution in [2.45, 2.75) is 57.6 Å². The lowest BCUT2D eigenvalue weighted by Gasteiger charge is -2.33. The molecule has 1 aromatic carbocycles. The number of hydrogen-bond acceptors (Lipinski definition) is 3. The van der Waals surface area contributed by atoms with Gasteiger partial charge in [-0.15, -0.1) is 0 Å². The number of amides is 2.